The molecule has 0 amide bonds. The van der Waals surface area contributed by atoms with Crippen LogP contribution in [0, 0.1) is 16.0 Å². The van der Waals surface area contributed by atoms with Gasteiger partial charge in [0.2, 0.25) is 0 Å². The molecule has 1 atom stereocenters. The van der Waals surface area contributed by atoms with Gasteiger partial charge in [-0.15, -0.1) is 0 Å². The molecule has 2 heterocycles. The van der Waals surface area contributed by atoms with Crippen molar-refractivity contribution in [2.45, 2.75) is 6.42 Å². The number of nitro groups is 1. The third kappa shape index (κ3) is 3.63. The normalized spacial score (nSPS) is 21.2. The van der Waals surface area contributed by atoms with Crippen LogP contribution in [0.3, 0.4) is 0 Å². The highest BCUT2D eigenvalue weighted by atomic mass is 79.9. The molecule has 1 aliphatic rings. The van der Waals surface area contributed by atoms with Crippen LogP contribution in [0.25, 0.3) is 0 Å². The van der Waals surface area contributed by atoms with E-state index in [1.165, 1.54) is 12.3 Å². The average molecular weight is 350 g/mol. The summed E-state index contributed by atoms with van der Waals surface area (Å²) in [6.07, 6.45) is 1.80. The summed E-state index contributed by atoms with van der Waals surface area (Å²) >= 11 is 3.20. The Balaban J connectivity index is 1.99. The van der Waals surface area contributed by atoms with Gasteiger partial charge in [0.25, 0.3) is 5.69 Å². The summed E-state index contributed by atoms with van der Waals surface area (Å²) < 4.78 is 23.1. The van der Waals surface area contributed by atoms with Gasteiger partial charge in [-0.25, -0.2) is 13.4 Å². The molecule has 9 heteroatoms. The fourth-order valence-electron chi connectivity index (χ4n) is 1.93. The molecule has 1 fully saturated rings. The maximum absolute atomic E-state index is 11.3. The van der Waals surface area contributed by atoms with Crippen molar-refractivity contribution in [2.24, 2.45) is 5.92 Å². The van der Waals surface area contributed by atoms with Gasteiger partial charge in [0.05, 0.1) is 20.9 Å². The molecule has 104 valence electrons. The van der Waals surface area contributed by atoms with Crippen LogP contribution in [-0.2, 0) is 9.84 Å². The largest absolute Gasteiger partial charge is 0.369 e. The highest BCUT2D eigenvalue weighted by molar-refractivity contribution is 9.10. The number of hydrogen-bond donors (Lipinski definition) is 1. The third-order valence-electron chi connectivity index (χ3n) is 2.92. The average Bonchev–Trinajstić information content (AvgIpc) is 2.67. The summed E-state index contributed by atoms with van der Waals surface area (Å²) in [4.78, 5) is 14.0. The van der Waals surface area contributed by atoms with Crippen molar-refractivity contribution < 1.29 is 13.3 Å². The smallest absolute Gasteiger partial charge is 0.288 e. The Kier molecular flexibility index (Phi) is 4.04. The van der Waals surface area contributed by atoms with E-state index in [4.69, 9.17) is 0 Å². The zero-order valence-corrected chi connectivity index (χ0v) is 12.3. The summed E-state index contributed by atoms with van der Waals surface area (Å²) in [6.45, 7) is 0.489. The van der Waals surface area contributed by atoms with E-state index in [1.54, 1.807) is 0 Å². The van der Waals surface area contributed by atoms with Crippen LogP contribution in [0.15, 0.2) is 16.7 Å². The van der Waals surface area contributed by atoms with E-state index < -0.39 is 14.8 Å². The first-order valence-corrected chi connectivity index (χ1v) is 8.23. The van der Waals surface area contributed by atoms with E-state index in [9.17, 15) is 18.5 Å². The number of nitrogens with zero attached hydrogens (tertiary/aromatic N) is 2. The quantitative estimate of drug-likeness (QED) is 0.654. The van der Waals surface area contributed by atoms with Gasteiger partial charge in [0.1, 0.15) is 12.0 Å². The van der Waals surface area contributed by atoms with Crippen LogP contribution in [0.2, 0.25) is 0 Å². The van der Waals surface area contributed by atoms with Gasteiger partial charge in [-0.05, 0) is 28.3 Å². The number of aromatic nitrogens is 1. The second-order valence-corrected chi connectivity index (χ2v) is 7.51. The highest BCUT2D eigenvalue weighted by Gasteiger charge is 2.27. The van der Waals surface area contributed by atoms with Gasteiger partial charge in [-0.1, -0.05) is 0 Å². The molecule has 1 aliphatic heterocycles. The Labute approximate surface area is 118 Å². The molecule has 1 saturated heterocycles. The maximum Gasteiger partial charge on any atom is 0.288 e. The van der Waals surface area contributed by atoms with Gasteiger partial charge in [-0.3, -0.25) is 10.1 Å². The van der Waals surface area contributed by atoms with E-state index >= 15 is 0 Å². The number of halogens is 1. The number of hydrogen-bond acceptors (Lipinski definition) is 6. The summed E-state index contributed by atoms with van der Waals surface area (Å²) in [5, 5.41) is 13.6. The number of rotatable bonds is 4. The molecule has 0 aromatic carbocycles. The number of nitrogens with one attached hydrogen (secondary N) is 1. The van der Waals surface area contributed by atoms with Crippen molar-refractivity contribution in [3.8, 4) is 0 Å². The minimum Gasteiger partial charge on any atom is -0.369 e. The Bertz CT molecular complexity index is 605. The summed E-state index contributed by atoms with van der Waals surface area (Å²) in [6, 6.07) is 1.36. The predicted octanol–water partition coefficient (Wildman–Crippen LogP) is 1.60. The van der Waals surface area contributed by atoms with Crippen molar-refractivity contribution in [3.63, 3.8) is 0 Å². The summed E-state index contributed by atoms with van der Waals surface area (Å²) in [5.41, 5.74) is -0.0964. The van der Waals surface area contributed by atoms with Crippen molar-refractivity contribution in [1.82, 2.24) is 4.98 Å². The molecule has 1 aromatic rings. The first-order chi connectivity index (χ1) is 8.87. The van der Waals surface area contributed by atoms with E-state index in [1.807, 2.05) is 0 Å². The van der Waals surface area contributed by atoms with Crippen LogP contribution in [0.1, 0.15) is 6.42 Å². The standard InChI is InChI=1S/C10H12BrN3O4S/c11-9-3-8(14(15)16)5-13-10(9)12-4-7-1-2-19(17,18)6-7/h3,5,7H,1-2,4,6H2,(H,12,13). The fraction of sp³-hybridized carbons (Fsp3) is 0.500. The first-order valence-electron chi connectivity index (χ1n) is 5.61. The molecule has 0 aliphatic carbocycles. The van der Waals surface area contributed by atoms with Crippen molar-refractivity contribution in [2.75, 3.05) is 23.4 Å². The van der Waals surface area contributed by atoms with E-state index in [2.05, 4.69) is 26.2 Å². The molecule has 1 unspecified atom stereocenters. The Morgan fingerprint density at radius 3 is 2.84 bits per heavy atom. The minimum absolute atomic E-state index is 0.0638. The van der Waals surface area contributed by atoms with Crippen LogP contribution in [0.4, 0.5) is 11.5 Å². The topological polar surface area (TPSA) is 102 Å². The molecular weight excluding hydrogens is 338 g/mol. The van der Waals surface area contributed by atoms with Gasteiger partial charge >= 0.3 is 0 Å². The van der Waals surface area contributed by atoms with Gasteiger partial charge in [0.15, 0.2) is 9.84 Å². The molecule has 1 N–H and O–H groups in total. The lowest BCUT2D eigenvalue weighted by Gasteiger charge is -2.11. The molecule has 0 saturated carbocycles. The van der Waals surface area contributed by atoms with E-state index in [-0.39, 0.29) is 23.1 Å². The highest BCUT2D eigenvalue weighted by Crippen LogP contribution is 2.25. The maximum atomic E-state index is 11.3. The van der Waals surface area contributed by atoms with Crippen molar-refractivity contribution in [1.29, 1.82) is 0 Å². The number of anilines is 1. The lowest BCUT2D eigenvalue weighted by atomic mass is 10.1. The van der Waals surface area contributed by atoms with Gasteiger partial charge in [0, 0.05) is 12.6 Å². The Morgan fingerprint density at radius 2 is 2.32 bits per heavy atom. The van der Waals surface area contributed by atoms with E-state index in [0.717, 1.165) is 0 Å². The summed E-state index contributed by atoms with van der Waals surface area (Å²) in [5.74, 6) is 0.961. The monoisotopic (exact) mass is 349 g/mol. The molecule has 2 rings (SSSR count). The second kappa shape index (κ2) is 5.41. The first kappa shape index (κ1) is 14.2. The van der Waals surface area contributed by atoms with Crippen LogP contribution in [-0.4, -0.2) is 36.4 Å². The summed E-state index contributed by atoms with van der Waals surface area (Å²) in [7, 11) is -2.89. The zero-order chi connectivity index (χ0) is 14.0. The van der Waals surface area contributed by atoms with Crippen LogP contribution in [0.5, 0.6) is 0 Å². The Hall–Kier alpha value is -1.22. The molecule has 0 radical (unpaired) electrons. The minimum atomic E-state index is -2.89. The van der Waals surface area contributed by atoms with Crippen molar-refractivity contribution in [3.05, 3.63) is 26.9 Å². The number of sulfone groups is 1. The van der Waals surface area contributed by atoms with Gasteiger partial charge in [-0.2, -0.15) is 0 Å². The second-order valence-electron chi connectivity index (χ2n) is 4.43. The van der Waals surface area contributed by atoms with Crippen molar-refractivity contribution >= 4 is 37.3 Å². The zero-order valence-electron chi connectivity index (χ0n) is 9.87. The third-order valence-corrected chi connectivity index (χ3v) is 5.36. The predicted molar refractivity (Wildman–Crippen MR) is 73.8 cm³/mol. The van der Waals surface area contributed by atoms with Crippen LogP contribution < -0.4 is 5.32 Å². The molecule has 0 spiro atoms. The molecule has 1 aromatic heterocycles. The van der Waals surface area contributed by atoms with E-state index in [0.29, 0.717) is 23.3 Å². The lowest BCUT2D eigenvalue weighted by molar-refractivity contribution is -0.385. The molecule has 0 bridgehead atoms. The SMILES string of the molecule is O=[N+]([O-])c1cnc(NCC2CCS(=O)(=O)C2)c(Br)c1. The molecule has 7 nitrogen and oxygen atoms in total. The van der Waals surface area contributed by atoms with Gasteiger partial charge < -0.3 is 5.32 Å². The molecular formula is C10H12BrN3O4S. The Morgan fingerprint density at radius 1 is 1.58 bits per heavy atom. The van der Waals surface area contributed by atoms with Crippen LogP contribution >= 0.6 is 15.9 Å². The fourth-order valence-corrected chi connectivity index (χ4v) is 4.27. The lowest BCUT2D eigenvalue weighted by Crippen LogP contribution is -2.16. The number of pyridine rings is 1. The molecule has 19 heavy (non-hydrogen) atoms.